The van der Waals surface area contributed by atoms with E-state index in [9.17, 15) is 4.39 Å². The van der Waals surface area contributed by atoms with Crippen molar-refractivity contribution in [3.05, 3.63) is 29.1 Å². The minimum Gasteiger partial charge on any atom is -0.496 e. The van der Waals surface area contributed by atoms with Crippen LogP contribution in [0.15, 0.2) is 12.1 Å². The van der Waals surface area contributed by atoms with Crippen LogP contribution in [0, 0.1) is 18.2 Å². The van der Waals surface area contributed by atoms with Gasteiger partial charge in [0.1, 0.15) is 11.6 Å². The molecule has 1 aliphatic rings. The van der Waals surface area contributed by atoms with Gasteiger partial charge in [0.05, 0.1) is 7.11 Å². The molecule has 1 aromatic carbocycles. The maximum absolute atomic E-state index is 13.5. The van der Waals surface area contributed by atoms with Gasteiger partial charge in [-0.1, -0.05) is 0 Å². The van der Waals surface area contributed by atoms with Crippen molar-refractivity contribution < 1.29 is 9.13 Å². The van der Waals surface area contributed by atoms with E-state index < -0.39 is 0 Å². The molecule has 0 bridgehead atoms. The van der Waals surface area contributed by atoms with Gasteiger partial charge in [0.15, 0.2) is 0 Å². The third kappa shape index (κ3) is 2.05. The van der Waals surface area contributed by atoms with E-state index in [4.69, 9.17) is 10.5 Å². The molecule has 1 fully saturated rings. The summed E-state index contributed by atoms with van der Waals surface area (Å²) >= 11 is 0. The van der Waals surface area contributed by atoms with Crippen LogP contribution in [0.4, 0.5) is 4.39 Å². The van der Waals surface area contributed by atoms with Crippen molar-refractivity contribution >= 4 is 0 Å². The molecule has 0 amide bonds. The van der Waals surface area contributed by atoms with Crippen LogP contribution in [0.25, 0.3) is 0 Å². The van der Waals surface area contributed by atoms with Crippen LogP contribution >= 0.6 is 0 Å². The van der Waals surface area contributed by atoms with Crippen molar-refractivity contribution in [3.63, 3.8) is 0 Å². The second-order valence-corrected chi connectivity index (χ2v) is 4.79. The number of halogens is 1. The van der Waals surface area contributed by atoms with Crippen molar-refractivity contribution in [1.29, 1.82) is 0 Å². The highest BCUT2D eigenvalue weighted by Gasteiger charge is 2.41. The molecule has 1 aliphatic carbocycles. The van der Waals surface area contributed by atoms with Crippen LogP contribution in [0.1, 0.15) is 24.0 Å². The van der Waals surface area contributed by atoms with Crippen LogP contribution in [0.2, 0.25) is 0 Å². The van der Waals surface area contributed by atoms with Crippen LogP contribution in [-0.2, 0) is 6.42 Å². The largest absolute Gasteiger partial charge is 0.496 e. The Balaban J connectivity index is 2.28. The van der Waals surface area contributed by atoms with Gasteiger partial charge in [0, 0.05) is 0 Å². The Labute approximate surface area is 95.6 Å². The highest BCUT2D eigenvalue weighted by atomic mass is 19.1. The molecule has 2 nitrogen and oxygen atoms in total. The molecule has 0 radical (unpaired) electrons. The Hall–Kier alpha value is -1.09. The van der Waals surface area contributed by atoms with E-state index in [2.05, 4.69) is 0 Å². The summed E-state index contributed by atoms with van der Waals surface area (Å²) in [5.74, 6) is 0.613. The molecule has 1 aromatic rings. The van der Waals surface area contributed by atoms with E-state index >= 15 is 0 Å². The molecular weight excluding hydrogens is 205 g/mol. The number of aryl methyl sites for hydroxylation is 1. The van der Waals surface area contributed by atoms with Gasteiger partial charge in [-0.05, 0) is 61.4 Å². The fourth-order valence-corrected chi connectivity index (χ4v) is 2.06. The Morgan fingerprint density at radius 2 is 2.12 bits per heavy atom. The van der Waals surface area contributed by atoms with Crippen molar-refractivity contribution in [3.8, 4) is 5.75 Å². The fourth-order valence-electron chi connectivity index (χ4n) is 2.06. The smallest absolute Gasteiger partial charge is 0.126 e. The third-order valence-corrected chi connectivity index (χ3v) is 3.52. The summed E-state index contributed by atoms with van der Waals surface area (Å²) in [5.41, 5.74) is 7.51. The van der Waals surface area contributed by atoms with Gasteiger partial charge in [0.25, 0.3) is 0 Å². The van der Waals surface area contributed by atoms with Gasteiger partial charge in [-0.25, -0.2) is 4.39 Å². The first kappa shape index (κ1) is 11.4. The summed E-state index contributed by atoms with van der Waals surface area (Å²) in [6.07, 6.45) is 3.11. The topological polar surface area (TPSA) is 35.2 Å². The summed E-state index contributed by atoms with van der Waals surface area (Å²) in [6.45, 7) is 2.42. The number of hydrogen-bond acceptors (Lipinski definition) is 2. The number of methoxy groups -OCH3 is 1. The number of hydrogen-bond donors (Lipinski definition) is 1. The molecule has 2 N–H and O–H groups in total. The molecule has 0 aliphatic heterocycles. The van der Waals surface area contributed by atoms with Crippen molar-refractivity contribution in [2.45, 2.75) is 26.2 Å². The molecule has 0 heterocycles. The maximum Gasteiger partial charge on any atom is 0.126 e. The lowest BCUT2D eigenvalue weighted by Gasteiger charge is -2.16. The molecule has 1 saturated carbocycles. The number of benzene rings is 1. The zero-order valence-electron chi connectivity index (χ0n) is 9.85. The van der Waals surface area contributed by atoms with E-state index in [0.29, 0.717) is 12.1 Å². The monoisotopic (exact) mass is 223 g/mol. The molecule has 3 heteroatoms. The standard InChI is InChI=1S/C13H18FNO/c1-9-5-12(16-2)10(6-11(9)14)7-13(8-15)3-4-13/h5-6H,3-4,7-8,15H2,1-2H3. The zero-order chi connectivity index (χ0) is 11.8. The molecule has 0 aromatic heterocycles. The lowest BCUT2D eigenvalue weighted by molar-refractivity contribution is 0.400. The highest BCUT2D eigenvalue weighted by molar-refractivity contribution is 5.39. The summed E-state index contributed by atoms with van der Waals surface area (Å²) in [6, 6.07) is 3.35. The van der Waals surface area contributed by atoms with Crippen LogP contribution in [0.3, 0.4) is 0 Å². The van der Waals surface area contributed by atoms with Gasteiger partial charge < -0.3 is 10.5 Å². The van der Waals surface area contributed by atoms with Gasteiger partial charge in [-0.3, -0.25) is 0 Å². The van der Waals surface area contributed by atoms with Crippen LogP contribution in [0.5, 0.6) is 5.75 Å². The van der Waals surface area contributed by atoms with Gasteiger partial charge >= 0.3 is 0 Å². The molecule has 16 heavy (non-hydrogen) atoms. The van der Waals surface area contributed by atoms with Gasteiger partial charge in [0.2, 0.25) is 0 Å². The molecular formula is C13H18FNO. The Kier molecular flexibility index (Phi) is 2.89. The summed E-state index contributed by atoms with van der Waals surface area (Å²) < 4.78 is 18.8. The number of ether oxygens (including phenoxy) is 1. The van der Waals surface area contributed by atoms with E-state index in [1.807, 2.05) is 0 Å². The van der Waals surface area contributed by atoms with Gasteiger partial charge in [-0.15, -0.1) is 0 Å². The summed E-state index contributed by atoms with van der Waals surface area (Å²) in [5, 5.41) is 0. The molecule has 0 atom stereocenters. The first-order valence-electron chi connectivity index (χ1n) is 5.63. The van der Waals surface area contributed by atoms with E-state index in [-0.39, 0.29) is 11.2 Å². The van der Waals surface area contributed by atoms with Crippen LogP contribution < -0.4 is 10.5 Å². The molecule has 2 rings (SSSR count). The fraction of sp³-hybridized carbons (Fsp3) is 0.538. The average Bonchev–Trinajstić information content (AvgIpc) is 3.04. The molecule has 0 saturated heterocycles. The number of nitrogens with two attached hydrogens (primary N) is 1. The maximum atomic E-state index is 13.5. The quantitative estimate of drug-likeness (QED) is 0.850. The highest BCUT2D eigenvalue weighted by Crippen LogP contribution is 2.48. The molecule has 0 unspecified atom stereocenters. The third-order valence-electron chi connectivity index (χ3n) is 3.52. The van der Waals surface area contributed by atoms with Crippen LogP contribution in [-0.4, -0.2) is 13.7 Å². The Bertz CT molecular complexity index is 399. The normalized spacial score (nSPS) is 17.2. The SMILES string of the molecule is COc1cc(C)c(F)cc1CC1(CN)CC1. The lowest BCUT2D eigenvalue weighted by atomic mass is 9.95. The lowest BCUT2D eigenvalue weighted by Crippen LogP contribution is -2.18. The second kappa shape index (κ2) is 4.06. The average molecular weight is 223 g/mol. The Morgan fingerprint density at radius 3 is 2.62 bits per heavy atom. The van der Waals surface area contributed by atoms with Crippen molar-refractivity contribution in [2.24, 2.45) is 11.1 Å². The van der Waals surface area contributed by atoms with E-state index in [0.717, 1.165) is 30.6 Å². The summed E-state index contributed by atoms with van der Waals surface area (Å²) in [7, 11) is 1.62. The van der Waals surface area contributed by atoms with E-state index in [1.165, 1.54) is 0 Å². The zero-order valence-corrected chi connectivity index (χ0v) is 9.85. The number of rotatable bonds is 4. The minimum absolute atomic E-state index is 0.163. The predicted molar refractivity (Wildman–Crippen MR) is 62.1 cm³/mol. The van der Waals surface area contributed by atoms with Crippen molar-refractivity contribution in [2.75, 3.05) is 13.7 Å². The Morgan fingerprint density at radius 1 is 1.44 bits per heavy atom. The first-order chi connectivity index (χ1) is 7.60. The molecule has 0 spiro atoms. The minimum atomic E-state index is -0.163. The van der Waals surface area contributed by atoms with Gasteiger partial charge in [-0.2, -0.15) is 0 Å². The summed E-state index contributed by atoms with van der Waals surface area (Å²) in [4.78, 5) is 0. The van der Waals surface area contributed by atoms with Crippen molar-refractivity contribution in [1.82, 2.24) is 0 Å². The second-order valence-electron chi connectivity index (χ2n) is 4.79. The first-order valence-corrected chi connectivity index (χ1v) is 5.63. The predicted octanol–water partition coefficient (Wildman–Crippen LogP) is 2.42. The molecule has 88 valence electrons. The van der Waals surface area contributed by atoms with E-state index in [1.54, 1.807) is 26.2 Å².